The summed E-state index contributed by atoms with van der Waals surface area (Å²) >= 11 is 7.38. The summed E-state index contributed by atoms with van der Waals surface area (Å²) in [5.41, 5.74) is 2.42. The minimum absolute atomic E-state index is 0.486. The smallest absolute Gasteiger partial charge is 0.257 e. The molecular weight excluding hydrogens is 334 g/mol. The summed E-state index contributed by atoms with van der Waals surface area (Å²) < 4.78 is 10.9. The number of para-hydroxylation sites is 2. The highest BCUT2D eigenvalue weighted by Gasteiger charge is 2.12. The van der Waals surface area contributed by atoms with Crippen molar-refractivity contribution in [2.75, 3.05) is 0 Å². The molecular formula is C16H10ClN3O2S. The highest BCUT2D eigenvalue weighted by atomic mass is 35.5. The summed E-state index contributed by atoms with van der Waals surface area (Å²) in [6, 6.07) is 15.0. The predicted octanol–water partition coefficient (Wildman–Crippen LogP) is 4.82. The average molecular weight is 344 g/mol. The molecule has 0 N–H and O–H groups in total. The van der Waals surface area contributed by atoms with Crippen molar-refractivity contribution < 1.29 is 8.94 Å². The maximum atomic E-state index is 5.97. The molecule has 0 saturated carbocycles. The summed E-state index contributed by atoms with van der Waals surface area (Å²) in [4.78, 5) is 8.76. The summed E-state index contributed by atoms with van der Waals surface area (Å²) in [7, 11) is 0. The Balaban J connectivity index is 1.49. The summed E-state index contributed by atoms with van der Waals surface area (Å²) in [5.74, 6) is 1.51. The van der Waals surface area contributed by atoms with Crippen molar-refractivity contribution in [1.29, 1.82) is 0 Å². The van der Waals surface area contributed by atoms with Crippen LogP contribution in [0.2, 0.25) is 5.02 Å². The van der Waals surface area contributed by atoms with Crippen LogP contribution in [0.1, 0.15) is 5.89 Å². The number of fused-ring (bicyclic) bond motifs is 1. The van der Waals surface area contributed by atoms with E-state index in [2.05, 4.69) is 15.1 Å². The third kappa shape index (κ3) is 3.09. The Morgan fingerprint density at radius 3 is 2.83 bits per heavy atom. The molecule has 0 radical (unpaired) electrons. The number of halogens is 1. The summed E-state index contributed by atoms with van der Waals surface area (Å²) in [5, 5.41) is 5.18. The lowest BCUT2D eigenvalue weighted by Gasteiger charge is -1.93. The molecule has 0 bridgehead atoms. The molecule has 0 aliphatic carbocycles. The molecule has 23 heavy (non-hydrogen) atoms. The number of oxazole rings is 1. The van der Waals surface area contributed by atoms with Crippen LogP contribution in [0, 0.1) is 0 Å². The van der Waals surface area contributed by atoms with E-state index in [1.165, 1.54) is 11.8 Å². The van der Waals surface area contributed by atoms with Crippen molar-refractivity contribution in [3.63, 3.8) is 0 Å². The van der Waals surface area contributed by atoms with E-state index >= 15 is 0 Å². The number of nitrogens with zero attached hydrogens (tertiary/aromatic N) is 3. The normalized spacial score (nSPS) is 11.2. The van der Waals surface area contributed by atoms with E-state index < -0.39 is 0 Å². The van der Waals surface area contributed by atoms with Crippen molar-refractivity contribution >= 4 is 34.5 Å². The van der Waals surface area contributed by atoms with Gasteiger partial charge in [-0.2, -0.15) is 4.98 Å². The van der Waals surface area contributed by atoms with E-state index in [4.69, 9.17) is 20.5 Å². The van der Waals surface area contributed by atoms with Gasteiger partial charge in [0.05, 0.1) is 5.75 Å². The SMILES string of the molecule is Clc1cccc(-c2noc(CSc3nc4ccccc4o3)n2)c1. The van der Waals surface area contributed by atoms with E-state index in [9.17, 15) is 0 Å². The monoisotopic (exact) mass is 343 g/mol. The lowest BCUT2D eigenvalue weighted by atomic mass is 10.2. The first kappa shape index (κ1) is 14.3. The molecule has 4 aromatic rings. The van der Waals surface area contributed by atoms with Gasteiger partial charge in [0, 0.05) is 10.6 Å². The zero-order valence-corrected chi connectivity index (χ0v) is 13.3. The van der Waals surface area contributed by atoms with E-state index in [-0.39, 0.29) is 0 Å². The topological polar surface area (TPSA) is 65.0 Å². The molecule has 0 aliphatic heterocycles. The van der Waals surface area contributed by atoms with Crippen LogP contribution in [-0.2, 0) is 5.75 Å². The molecule has 2 heterocycles. The highest BCUT2D eigenvalue weighted by Crippen LogP contribution is 2.26. The van der Waals surface area contributed by atoms with Gasteiger partial charge in [-0.1, -0.05) is 52.8 Å². The zero-order chi connectivity index (χ0) is 15.6. The van der Waals surface area contributed by atoms with Gasteiger partial charge >= 0.3 is 0 Å². The van der Waals surface area contributed by atoms with Gasteiger partial charge in [0.2, 0.25) is 11.7 Å². The lowest BCUT2D eigenvalue weighted by molar-refractivity contribution is 0.391. The van der Waals surface area contributed by atoms with Crippen LogP contribution < -0.4 is 0 Å². The second-order valence-electron chi connectivity index (χ2n) is 4.76. The maximum Gasteiger partial charge on any atom is 0.257 e. The highest BCUT2D eigenvalue weighted by molar-refractivity contribution is 7.98. The molecule has 2 aromatic carbocycles. The Labute approximate surface area is 140 Å². The minimum Gasteiger partial charge on any atom is -0.431 e. The fourth-order valence-corrected chi connectivity index (χ4v) is 2.96. The van der Waals surface area contributed by atoms with Crippen molar-refractivity contribution in [1.82, 2.24) is 15.1 Å². The molecule has 0 spiro atoms. The maximum absolute atomic E-state index is 5.97. The van der Waals surface area contributed by atoms with E-state index in [0.717, 1.165) is 16.7 Å². The van der Waals surface area contributed by atoms with Crippen molar-refractivity contribution in [2.24, 2.45) is 0 Å². The first-order valence-electron chi connectivity index (χ1n) is 6.85. The van der Waals surface area contributed by atoms with Crippen LogP contribution in [0.3, 0.4) is 0 Å². The molecule has 0 saturated heterocycles. The second kappa shape index (κ2) is 6.06. The van der Waals surface area contributed by atoms with E-state index in [1.54, 1.807) is 12.1 Å². The van der Waals surface area contributed by atoms with Crippen molar-refractivity contribution in [3.05, 3.63) is 59.4 Å². The standard InChI is InChI=1S/C16H10ClN3O2S/c17-11-5-3-4-10(8-11)15-19-14(22-20-15)9-23-16-18-12-6-1-2-7-13(12)21-16/h1-8H,9H2. The molecule has 114 valence electrons. The zero-order valence-electron chi connectivity index (χ0n) is 11.8. The van der Waals surface area contributed by atoms with Crippen molar-refractivity contribution in [2.45, 2.75) is 11.0 Å². The predicted molar refractivity (Wildman–Crippen MR) is 88.3 cm³/mol. The first-order chi connectivity index (χ1) is 11.3. The Hall–Kier alpha value is -2.31. The minimum atomic E-state index is 0.486. The molecule has 0 atom stereocenters. The van der Waals surface area contributed by atoms with Crippen LogP contribution in [0.15, 0.2) is 62.7 Å². The molecule has 4 rings (SSSR count). The van der Waals surface area contributed by atoms with Gasteiger partial charge in [-0.15, -0.1) is 0 Å². The Morgan fingerprint density at radius 2 is 1.96 bits per heavy atom. The van der Waals surface area contributed by atoms with E-state index in [1.807, 2.05) is 36.4 Å². The number of rotatable bonds is 4. The third-order valence-corrected chi connectivity index (χ3v) is 4.19. The van der Waals surface area contributed by atoms with Gasteiger partial charge in [0.25, 0.3) is 5.22 Å². The number of hydrogen-bond donors (Lipinski definition) is 0. The summed E-state index contributed by atoms with van der Waals surface area (Å²) in [6.45, 7) is 0. The number of benzene rings is 2. The molecule has 2 aromatic heterocycles. The van der Waals surface area contributed by atoms with Gasteiger partial charge in [-0.3, -0.25) is 0 Å². The van der Waals surface area contributed by atoms with Crippen molar-refractivity contribution in [3.8, 4) is 11.4 Å². The Kier molecular flexibility index (Phi) is 3.77. The van der Waals surface area contributed by atoms with Crippen LogP contribution in [-0.4, -0.2) is 15.1 Å². The third-order valence-electron chi connectivity index (χ3n) is 3.14. The van der Waals surface area contributed by atoms with Gasteiger partial charge < -0.3 is 8.94 Å². The Bertz CT molecular complexity index is 934. The molecule has 0 fully saturated rings. The lowest BCUT2D eigenvalue weighted by Crippen LogP contribution is -1.83. The fraction of sp³-hybridized carbons (Fsp3) is 0.0625. The fourth-order valence-electron chi connectivity index (χ4n) is 2.09. The first-order valence-corrected chi connectivity index (χ1v) is 8.21. The van der Waals surface area contributed by atoms with Gasteiger partial charge in [-0.05, 0) is 24.3 Å². The molecule has 0 amide bonds. The van der Waals surface area contributed by atoms with E-state index in [0.29, 0.717) is 27.7 Å². The quantitative estimate of drug-likeness (QED) is 0.495. The van der Waals surface area contributed by atoms with Crippen LogP contribution in [0.25, 0.3) is 22.5 Å². The molecule has 5 nitrogen and oxygen atoms in total. The van der Waals surface area contributed by atoms with Gasteiger partial charge in [-0.25, -0.2) is 4.98 Å². The number of aromatic nitrogens is 3. The molecule has 0 aliphatic rings. The van der Waals surface area contributed by atoms with Crippen LogP contribution in [0.5, 0.6) is 0 Å². The molecule has 7 heteroatoms. The van der Waals surface area contributed by atoms with Crippen LogP contribution >= 0.6 is 23.4 Å². The Morgan fingerprint density at radius 1 is 1.04 bits per heavy atom. The van der Waals surface area contributed by atoms with Crippen LogP contribution in [0.4, 0.5) is 0 Å². The average Bonchev–Trinajstić information content (AvgIpc) is 3.19. The summed E-state index contributed by atoms with van der Waals surface area (Å²) in [6.07, 6.45) is 0. The number of hydrogen-bond acceptors (Lipinski definition) is 6. The second-order valence-corrected chi connectivity index (χ2v) is 6.12. The molecule has 0 unspecified atom stereocenters. The van der Waals surface area contributed by atoms with Gasteiger partial charge in [0.15, 0.2) is 5.58 Å². The largest absolute Gasteiger partial charge is 0.431 e. The number of thioether (sulfide) groups is 1. The van der Waals surface area contributed by atoms with Gasteiger partial charge in [0.1, 0.15) is 5.52 Å².